The maximum atomic E-state index is 12.8. The third-order valence-electron chi connectivity index (χ3n) is 4.35. The number of carbonyl (C=O) groups excluding carboxylic acids is 1. The highest BCUT2D eigenvalue weighted by Crippen LogP contribution is 2.45. The summed E-state index contributed by atoms with van der Waals surface area (Å²) < 4.78 is 0. The zero-order chi connectivity index (χ0) is 13.3. The Labute approximate surface area is 114 Å². The lowest BCUT2D eigenvalue weighted by molar-refractivity contribution is -0.123. The van der Waals surface area contributed by atoms with Crippen molar-refractivity contribution >= 4 is 5.78 Å². The number of hydrogen-bond acceptors (Lipinski definition) is 1. The first-order valence-electron chi connectivity index (χ1n) is 6.90. The average Bonchev–Trinajstić information content (AvgIpc) is 2.78. The predicted molar refractivity (Wildman–Crippen MR) is 77.1 cm³/mol. The van der Waals surface area contributed by atoms with Crippen LogP contribution < -0.4 is 0 Å². The van der Waals surface area contributed by atoms with Gasteiger partial charge in [0.1, 0.15) is 0 Å². The summed E-state index contributed by atoms with van der Waals surface area (Å²) in [6.45, 7) is 2.05. The number of ketones is 1. The second-order valence-electron chi connectivity index (χ2n) is 5.44. The van der Waals surface area contributed by atoms with Gasteiger partial charge in [0.15, 0.2) is 5.78 Å². The van der Waals surface area contributed by atoms with Crippen LogP contribution in [-0.2, 0) is 10.2 Å². The van der Waals surface area contributed by atoms with Crippen LogP contribution in [0.1, 0.15) is 30.9 Å². The first kappa shape index (κ1) is 12.2. The van der Waals surface area contributed by atoms with Crippen LogP contribution in [0.25, 0.3) is 0 Å². The summed E-state index contributed by atoms with van der Waals surface area (Å²) in [4.78, 5) is 12.8. The zero-order valence-corrected chi connectivity index (χ0v) is 11.2. The maximum Gasteiger partial charge on any atom is 0.150 e. The Kier molecular flexibility index (Phi) is 2.98. The van der Waals surface area contributed by atoms with E-state index in [0.29, 0.717) is 5.78 Å². The molecule has 1 aliphatic rings. The molecule has 1 saturated carbocycles. The van der Waals surface area contributed by atoms with Crippen LogP contribution in [0, 0.1) is 5.92 Å². The molecule has 0 saturated heterocycles. The standard InChI is InChI=1S/C18H18O/c1-14-12-13-18(17(14)19,15-8-4-2-5-9-15)16-10-6-3-7-11-16/h2-11,14H,12-13H2,1H3/t14-/m1/s1. The third-order valence-corrected chi connectivity index (χ3v) is 4.35. The van der Waals surface area contributed by atoms with Crippen LogP contribution in [-0.4, -0.2) is 5.78 Å². The minimum Gasteiger partial charge on any atom is -0.298 e. The average molecular weight is 250 g/mol. The highest BCUT2D eigenvalue weighted by Gasteiger charge is 2.48. The number of carbonyl (C=O) groups is 1. The van der Waals surface area contributed by atoms with E-state index in [9.17, 15) is 4.79 Å². The molecule has 96 valence electrons. The summed E-state index contributed by atoms with van der Waals surface area (Å²) in [5.74, 6) is 0.519. The topological polar surface area (TPSA) is 17.1 Å². The van der Waals surface area contributed by atoms with Gasteiger partial charge >= 0.3 is 0 Å². The molecule has 1 nitrogen and oxygen atoms in total. The van der Waals surface area contributed by atoms with Gasteiger partial charge in [-0.15, -0.1) is 0 Å². The third kappa shape index (κ3) is 1.81. The van der Waals surface area contributed by atoms with Crippen molar-refractivity contribution in [2.75, 3.05) is 0 Å². The molecule has 0 bridgehead atoms. The van der Waals surface area contributed by atoms with Crippen molar-refractivity contribution in [1.29, 1.82) is 0 Å². The van der Waals surface area contributed by atoms with E-state index in [1.807, 2.05) is 36.4 Å². The number of rotatable bonds is 2. The fourth-order valence-corrected chi connectivity index (χ4v) is 3.29. The summed E-state index contributed by atoms with van der Waals surface area (Å²) in [7, 11) is 0. The Morgan fingerprint density at radius 3 is 1.74 bits per heavy atom. The largest absolute Gasteiger partial charge is 0.298 e. The van der Waals surface area contributed by atoms with E-state index in [1.54, 1.807) is 0 Å². The number of benzene rings is 2. The van der Waals surface area contributed by atoms with Crippen LogP contribution in [0.2, 0.25) is 0 Å². The lowest BCUT2D eigenvalue weighted by Gasteiger charge is -2.29. The first-order valence-corrected chi connectivity index (χ1v) is 6.90. The molecule has 2 aromatic rings. The van der Waals surface area contributed by atoms with E-state index in [1.165, 1.54) is 0 Å². The summed E-state index contributed by atoms with van der Waals surface area (Å²) in [6.07, 6.45) is 1.89. The lowest BCUT2D eigenvalue weighted by Crippen LogP contribution is -2.34. The van der Waals surface area contributed by atoms with Crippen molar-refractivity contribution in [2.45, 2.75) is 25.2 Å². The minimum absolute atomic E-state index is 0.153. The van der Waals surface area contributed by atoms with Crippen LogP contribution in [0.5, 0.6) is 0 Å². The number of Topliss-reactive ketones (excluding diaryl/α,β-unsaturated/α-hetero) is 1. The molecular formula is C18H18O. The Hall–Kier alpha value is -1.89. The van der Waals surface area contributed by atoms with E-state index in [2.05, 4.69) is 31.2 Å². The molecule has 19 heavy (non-hydrogen) atoms. The summed E-state index contributed by atoms with van der Waals surface area (Å²) >= 11 is 0. The van der Waals surface area contributed by atoms with E-state index in [0.717, 1.165) is 24.0 Å². The minimum atomic E-state index is -0.429. The molecule has 0 unspecified atom stereocenters. The monoisotopic (exact) mass is 250 g/mol. The zero-order valence-electron chi connectivity index (χ0n) is 11.2. The molecule has 0 amide bonds. The lowest BCUT2D eigenvalue weighted by atomic mass is 9.72. The van der Waals surface area contributed by atoms with Crippen LogP contribution in [0.3, 0.4) is 0 Å². The Balaban J connectivity index is 2.21. The molecule has 2 aromatic carbocycles. The second-order valence-corrected chi connectivity index (χ2v) is 5.44. The molecule has 0 N–H and O–H groups in total. The normalized spacial score (nSPS) is 21.5. The van der Waals surface area contributed by atoms with Crippen molar-refractivity contribution in [3.63, 3.8) is 0 Å². The maximum absolute atomic E-state index is 12.8. The Bertz CT molecular complexity index is 532. The van der Waals surface area contributed by atoms with Crippen molar-refractivity contribution in [3.05, 3.63) is 71.8 Å². The fourth-order valence-electron chi connectivity index (χ4n) is 3.29. The van der Waals surface area contributed by atoms with E-state index in [-0.39, 0.29) is 5.92 Å². The van der Waals surface area contributed by atoms with Gasteiger partial charge in [-0.05, 0) is 24.0 Å². The Morgan fingerprint density at radius 2 is 1.37 bits per heavy atom. The van der Waals surface area contributed by atoms with E-state index >= 15 is 0 Å². The van der Waals surface area contributed by atoms with Gasteiger partial charge in [-0.3, -0.25) is 4.79 Å². The predicted octanol–water partition coefficient (Wildman–Crippen LogP) is 3.97. The van der Waals surface area contributed by atoms with Gasteiger partial charge in [0.25, 0.3) is 0 Å². The molecule has 0 aromatic heterocycles. The van der Waals surface area contributed by atoms with Crippen molar-refractivity contribution in [1.82, 2.24) is 0 Å². The summed E-state index contributed by atoms with van der Waals surface area (Å²) in [5, 5.41) is 0. The highest BCUT2D eigenvalue weighted by molar-refractivity contribution is 5.97. The molecule has 1 fully saturated rings. The number of hydrogen-bond donors (Lipinski definition) is 0. The van der Waals surface area contributed by atoms with Crippen molar-refractivity contribution in [2.24, 2.45) is 5.92 Å². The van der Waals surface area contributed by atoms with Crippen molar-refractivity contribution in [3.8, 4) is 0 Å². The quantitative estimate of drug-likeness (QED) is 0.788. The van der Waals surface area contributed by atoms with Gasteiger partial charge < -0.3 is 0 Å². The van der Waals surface area contributed by atoms with Gasteiger partial charge in [0, 0.05) is 5.92 Å². The second kappa shape index (κ2) is 4.65. The van der Waals surface area contributed by atoms with Gasteiger partial charge in [-0.2, -0.15) is 0 Å². The molecule has 0 spiro atoms. The van der Waals surface area contributed by atoms with Gasteiger partial charge in [0.05, 0.1) is 5.41 Å². The smallest absolute Gasteiger partial charge is 0.150 e. The molecule has 1 atom stereocenters. The molecule has 0 radical (unpaired) electrons. The van der Waals surface area contributed by atoms with E-state index in [4.69, 9.17) is 0 Å². The summed E-state index contributed by atoms with van der Waals surface area (Å²) in [6, 6.07) is 20.5. The molecular weight excluding hydrogens is 232 g/mol. The summed E-state index contributed by atoms with van der Waals surface area (Å²) in [5.41, 5.74) is 1.84. The van der Waals surface area contributed by atoms with Gasteiger partial charge in [0.2, 0.25) is 0 Å². The molecule has 0 heterocycles. The van der Waals surface area contributed by atoms with Gasteiger partial charge in [-0.25, -0.2) is 0 Å². The highest BCUT2D eigenvalue weighted by atomic mass is 16.1. The van der Waals surface area contributed by atoms with Gasteiger partial charge in [-0.1, -0.05) is 67.6 Å². The molecule has 3 rings (SSSR count). The molecule has 0 aliphatic heterocycles. The van der Waals surface area contributed by atoms with Crippen LogP contribution >= 0.6 is 0 Å². The van der Waals surface area contributed by atoms with Crippen LogP contribution in [0.15, 0.2) is 60.7 Å². The first-order chi connectivity index (χ1) is 9.25. The fraction of sp³-hybridized carbons (Fsp3) is 0.278. The molecule has 1 heteroatoms. The Morgan fingerprint density at radius 1 is 0.895 bits per heavy atom. The van der Waals surface area contributed by atoms with E-state index < -0.39 is 5.41 Å². The van der Waals surface area contributed by atoms with Crippen molar-refractivity contribution < 1.29 is 4.79 Å². The van der Waals surface area contributed by atoms with Crippen LogP contribution in [0.4, 0.5) is 0 Å². The SMILES string of the molecule is C[C@@H]1CCC(c2ccccc2)(c2ccccc2)C1=O. The molecule has 1 aliphatic carbocycles.